The first-order valence-corrected chi connectivity index (χ1v) is 10.6. The lowest BCUT2D eigenvalue weighted by Crippen LogP contribution is -2.05. The molecule has 0 bridgehead atoms. The zero-order valence-electron chi connectivity index (χ0n) is 18.5. The number of rotatable bonds is 8. The van der Waals surface area contributed by atoms with Gasteiger partial charge < -0.3 is 9.84 Å². The minimum atomic E-state index is -0.868. The number of aliphatic carboxylic acids is 1. The maximum absolute atomic E-state index is 11.1. The maximum atomic E-state index is 11.1. The molecule has 0 unspecified atom stereocenters. The van der Waals surface area contributed by atoms with Crippen LogP contribution in [0.15, 0.2) is 61.1 Å². The van der Waals surface area contributed by atoms with Gasteiger partial charge in [-0.25, -0.2) is 0 Å². The van der Waals surface area contributed by atoms with Gasteiger partial charge in [-0.2, -0.15) is 5.10 Å². The fourth-order valence-electron chi connectivity index (χ4n) is 3.55. The molecule has 1 atom stereocenters. The van der Waals surface area contributed by atoms with E-state index in [0.29, 0.717) is 18.9 Å². The van der Waals surface area contributed by atoms with Crippen LogP contribution in [0.1, 0.15) is 41.8 Å². The Balaban J connectivity index is 1.45. The predicted octanol–water partition coefficient (Wildman–Crippen LogP) is 4.34. The second-order valence-corrected chi connectivity index (χ2v) is 7.75. The van der Waals surface area contributed by atoms with Crippen LogP contribution >= 0.6 is 0 Å². The summed E-state index contributed by atoms with van der Waals surface area (Å²) in [6, 6.07) is 13.6. The highest BCUT2D eigenvalue weighted by molar-refractivity contribution is 5.79. The summed E-state index contributed by atoms with van der Waals surface area (Å²) in [5.74, 6) is 5.28. The lowest BCUT2D eigenvalue weighted by Gasteiger charge is -2.11. The number of nitrogens with zero attached hydrogens (tertiary/aromatic N) is 4. The monoisotopic (exact) mass is 440 g/mol. The van der Waals surface area contributed by atoms with Gasteiger partial charge in [0.25, 0.3) is 0 Å². The number of benzene rings is 2. The van der Waals surface area contributed by atoms with Crippen molar-refractivity contribution in [1.82, 2.24) is 19.7 Å². The Morgan fingerprint density at radius 2 is 1.94 bits per heavy atom. The van der Waals surface area contributed by atoms with Gasteiger partial charge in [-0.05, 0) is 43.2 Å². The Labute approximate surface area is 192 Å². The molecule has 4 rings (SSSR count). The number of carboxylic acids is 1. The van der Waals surface area contributed by atoms with Gasteiger partial charge >= 0.3 is 5.97 Å². The Morgan fingerprint density at radius 1 is 1.12 bits per heavy atom. The van der Waals surface area contributed by atoms with Gasteiger partial charge in [-0.1, -0.05) is 30.2 Å². The van der Waals surface area contributed by atoms with Crippen LogP contribution in [0.5, 0.6) is 5.75 Å². The molecule has 33 heavy (non-hydrogen) atoms. The van der Waals surface area contributed by atoms with E-state index >= 15 is 0 Å². The first-order valence-electron chi connectivity index (χ1n) is 10.6. The minimum absolute atomic E-state index is 0.0249. The molecular formula is C26H24N4O3. The number of fused-ring (bicyclic) bond motifs is 1. The standard InChI is InChI=1S/C26H24N4O3/c1-3-4-21(12-26(31)32)20-7-9-24(10-8-20)33-17-19-5-6-22-14-29-30(25(22)11-19)16-23-15-27-18(2)13-28-23/h5-11,13-15,21H,12,16-17H2,1-2H3,(H,31,32)/t21-/m0/s1. The summed E-state index contributed by atoms with van der Waals surface area (Å²) < 4.78 is 7.87. The molecular weight excluding hydrogens is 416 g/mol. The van der Waals surface area contributed by atoms with E-state index < -0.39 is 5.97 Å². The summed E-state index contributed by atoms with van der Waals surface area (Å²) in [5.41, 5.74) is 4.62. The maximum Gasteiger partial charge on any atom is 0.304 e. The van der Waals surface area contributed by atoms with E-state index in [9.17, 15) is 4.79 Å². The van der Waals surface area contributed by atoms with Crippen molar-refractivity contribution in [2.24, 2.45) is 0 Å². The molecule has 4 aromatic rings. The SMILES string of the molecule is CC#C[C@@H](CC(=O)O)c1ccc(OCc2ccc3cnn(Cc4cnc(C)cn4)c3c2)cc1. The van der Waals surface area contributed by atoms with E-state index in [2.05, 4.69) is 33.0 Å². The zero-order valence-corrected chi connectivity index (χ0v) is 18.5. The van der Waals surface area contributed by atoms with Gasteiger partial charge in [-0.15, -0.1) is 5.92 Å². The van der Waals surface area contributed by atoms with Crippen LogP contribution in [0.3, 0.4) is 0 Å². The summed E-state index contributed by atoms with van der Waals surface area (Å²) in [7, 11) is 0. The van der Waals surface area contributed by atoms with Gasteiger partial charge in [-0.3, -0.25) is 19.4 Å². The molecule has 0 saturated heterocycles. The van der Waals surface area contributed by atoms with Crippen LogP contribution in [-0.2, 0) is 17.9 Å². The van der Waals surface area contributed by atoms with E-state index in [4.69, 9.17) is 9.84 Å². The molecule has 0 spiro atoms. The molecule has 166 valence electrons. The van der Waals surface area contributed by atoms with E-state index in [1.54, 1.807) is 19.3 Å². The lowest BCUT2D eigenvalue weighted by molar-refractivity contribution is -0.137. The normalized spacial score (nSPS) is 11.6. The lowest BCUT2D eigenvalue weighted by atomic mass is 9.96. The quantitative estimate of drug-likeness (QED) is 0.410. The molecule has 0 fully saturated rings. The Morgan fingerprint density at radius 3 is 2.64 bits per heavy atom. The van der Waals surface area contributed by atoms with Crippen molar-refractivity contribution in [1.29, 1.82) is 0 Å². The van der Waals surface area contributed by atoms with Crippen molar-refractivity contribution in [3.8, 4) is 17.6 Å². The number of ether oxygens (including phenoxy) is 1. The molecule has 0 aliphatic rings. The van der Waals surface area contributed by atoms with Gasteiger partial charge in [0.15, 0.2) is 0 Å². The van der Waals surface area contributed by atoms with Crippen molar-refractivity contribution in [3.63, 3.8) is 0 Å². The highest BCUT2D eigenvalue weighted by atomic mass is 16.5. The third kappa shape index (κ3) is 5.55. The number of aromatic nitrogens is 4. The molecule has 7 heteroatoms. The van der Waals surface area contributed by atoms with Gasteiger partial charge in [0.05, 0.1) is 48.2 Å². The summed E-state index contributed by atoms with van der Waals surface area (Å²) in [6.45, 7) is 4.57. The van der Waals surface area contributed by atoms with E-state index in [1.807, 2.05) is 54.2 Å². The van der Waals surface area contributed by atoms with Crippen LogP contribution in [-0.4, -0.2) is 30.8 Å². The number of hydrogen-bond donors (Lipinski definition) is 1. The molecule has 7 nitrogen and oxygen atoms in total. The summed E-state index contributed by atoms with van der Waals surface area (Å²) in [4.78, 5) is 19.8. The molecule has 0 amide bonds. The van der Waals surface area contributed by atoms with Crippen LogP contribution < -0.4 is 4.74 Å². The Bertz CT molecular complexity index is 1320. The molecule has 0 aliphatic carbocycles. The van der Waals surface area contributed by atoms with E-state index in [0.717, 1.165) is 33.4 Å². The second kappa shape index (κ2) is 9.96. The van der Waals surface area contributed by atoms with Crippen LogP contribution in [0.2, 0.25) is 0 Å². The average Bonchev–Trinajstić information content (AvgIpc) is 3.21. The first kappa shape index (κ1) is 22.0. The minimum Gasteiger partial charge on any atom is -0.489 e. The van der Waals surface area contributed by atoms with Gasteiger partial charge in [0, 0.05) is 11.6 Å². The Hall–Kier alpha value is -4.18. The number of aryl methyl sites for hydroxylation is 1. The summed E-state index contributed by atoms with van der Waals surface area (Å²) in [5, 5.41) is 14.6. The van der Waals surface area contributed by atoms with Crippen molar-refractivity contribution in [2.75, 3.05) is 0 Å². The fourth-order valence-corrected chi connectivity index (χ4v) is 3.55. The summed E-state index contributed by atoms with van der Waals surface area (Å²) in [6.07, 6.45) is 5.34. The second-order valence-electron chi connectivity index (χ2n) is 7.75. The molecule has 0 aliphatic heterocycles. The first-order chi connectivity index (χ1) is 16.0. The van der Waals surface area contributed by atoms with Crippen molar-refractivity contribution < 1.29 is 14.6 Å². The molecule has 2 aromatic carbocycles. The molecule has 1 N–H and O–H groups in total. The van der Waals surface area contributed by atoms with Crippen molar-refractivity contribution in [3.05, 3.63) is 83.6 Å². The zero-order chi connectivity index (χ0) is 23.2. The number of carbonyl (C=O) groups is 1. The third-order valence-electron chi connectivity index (χ3n) is 5.24. The van der Waals surface area contributed by atoms with Gasteiger partial charge in [0.1, 0.15) is 12.4 Å². The van der Waals surface area contributed by atoms with Crippen molar-refractivity contribution in [2.45, 2.75) is 39.3 Å². The van der Waals surface area contributed by atoms with Crippen LogP contribution in [0.25, 0.3) is 10.9 Å². The third-order valence-corrected chi connectivity index (χ3v) is 5.24. The van der Waals surface area contributed by atoms with Crippen LogP contribution in [0.4, 0.5) is 0 Å². The summed E-state index contributed by atoms with van der Waals surface area (Å²) >= 11 is 0. The molecule has 2 aromatic heterocycles. The fraction of sp³-hybridized carbons (Fsp3) is 0.231. The van der Waals surface area contributed by atoms with E-state index in [1.165, 1.54) is 0 Å². The number of carboxylic acid groups (broad SMARTS) is 1. The molecule has 0 radical (unpaired) electrons. The highest BCUT2D eigenvalue weighted by Crippen LogP contribution is 2.23. The van der Waals surface area contributed by atoms with Crippen molar-refractivity contribution >= 4 is 16.9 Å². The number of hydrogen-bond acceptors (Lipinski definition) is 5. The topological polar surface area (TPSA) is 90.1 Å². The average molecular weight is 441 g/mol. The Kier molecular flexibility index (Phi) is 6.65. The predicted molar refractivity (Wildman–Crippen MR) is 125 cm³/mol. The van der Waals surface area contributed by atoms with E-state index in [-0.39, 0.29) is 12.3 Å². The smallest absolute Gasteiger partial charge is 0.304 e. The molecule has 0 saturated carbocycles. The largest absolute Gasteiger partial charge is 0.489 e. The van der Waals surface area contributed by atoms with Crippen LogP contribution in [0, 0.1) is 18.8 Å². The van der Waals surface area contributed by atoms with Gasteiger partial charge in [0.2, 0.25) is 0 Å². The molecule has 2 heterocycles. The highest BCUT2D eigenvalue weighted by Gasteiger charge is 2.13.